The Morgan fingerprint density at radius 3 is 2.44 bits per heavy atom. The van der Waals surface area contributed by atoms with Crippen molar-refractivity contribution in [2.45, 2.75) is 24.7 Å². The Hall–Kier alpha value is -2.38. The molecule has 1 N–H and O–H groups in total. The van der Waals surface area contributed by atoms with Gasteiger partial charge in [0, 0.05) is 13.6 Å². The van der Waals surface area contributed by atoms with Crippen molar-refractivity contribution in [3.63, 3.8) is 0 Å². The Morgan fingerprint density at radius 2 is 1.74 bits per heavy atom. The number of carbonyl (C=O) groups excluding carboxylic acids is 1. The summed E-state index contributed by atoms with van der Waals surface area (Å²) in [6.45, 7) is 2.80. The summed E-state index contributed by atoms with van der Waals surface area (Å²) in [5, 5.41) is 2.77. The molecular weight excluding hydrogens is 364 g/mol. The molecule has 0 aliphatic carbocycles. The van der Waals surface area contributed by atoms with Crippen LogP contribution in [0.4, 0.5) is 0 Å². The molecule has 0 aliphatic heterocycles. The number of amides is 1. The summed E-state index contributed by atoms with van der Waals surface area (Å²) in [7, 11) is -2.26. The van der Waals surface area contributed by atoms with Gasteiger partial charge in [-0.15, -0.1) is 0 Å². The van der Waals surface area contributed by atoms with E-state index in [0.717, 1.165) is 28.5 Å². The molecule has 0 fully saturated rings. The molecule has 0 saturated carbocycles. The smallest absolute Gasteiger partial charge is 0.243 e. The van der Waals surface area contributed by atoms with Gasteiger partial charge in [0.1, 0.15) is 5.75 Å². The molecule has 0 spiro atoms. The average molecular weight is 391 g/mol. The van der Waals surface area contributed by atoms with Crippen LogP contribution in [0, 0.1) is 0 Å². The number of para-hydroxylation sites is 1. The number of nitrogens with one attached hydrogen (secondary N) is 1. The van der Waals surface area contributed by atoms with Crippen molar-refractivity contribution in [2.75, 3.05) is 26.7 Å². The maximum Gasteiger partial charge on any atom is 0.243 e. The van der Waals surface area contributed by atoms with Crippen LogP contribution in [0.5, 0.6) is 5.75 Å². The Labute approximate surface area is 161 Å². The number of carbonyl (C=O) groups is 1. The summed E-state index contributed by atoms with van der Waals surface area (Å²) in [4.78, 5) is 12.2. The fraction of sp³-hybridized carbons (Fsp3) is 0.350. The third-order valence-corrected chi connectivity index (χ3v) is 5.85. The van der Waals surface area contributed by atoms with E-state index in [1.54, 1.807) is 18.2 Å². The Morgan fingerprint density at radius 1 is 1.07 bits per heavy atom. The van der Waals surface area contributed by atoms with Gasteiger partial charge < -0.3 is 10.1 Å². The van der Waals surface area contributed by atoms with Crippen LogP contribution in [-0.4, -0.2) is 45.4 Å². The highest BCUT2D eigenvalue weighted by atomic mass is 32.2. The van der Waals surface area contributed by atoms with Crippen molar-refractivity contribution in [2.24, 2.45) is 0 Å². The number of benzene rings is 2. The fourth-order valence-corrected chi connectivity index (χ4v) is 3.78. The van der Waals surface area contributed by atoms with Crippen molar-refractivity contribution in [1.82, 2.24) is 9.62 Å². The number of sulfonamides is 1. The van der Waals surface area contributed by atoms with E-state index in [0.29, 0.717) is 13.2 Å². The topological polar surface area (TPSA) is 75.7 Å². The predicted octanol–water partition coefficient (Wildman–Crippen LogP) is 2.45. The predicted molar refractivity (Wildman–Crippen MR) is 105 cm³/mol. The van der Waals surface area contributed by atoms with Gasteiger partial charge in [0.05, 0.1) is 18.0 Å². The molecule has 0 heterocycles. The number of hydrogen-bond acceptors (Lipinski definition) is 4. The molecule has 2 rings (SSSR count). The van der Waals surface area contributed by atoms with E-state index in [9.17, 15) is 13.2 Å². The van der Waals surface area contributed by atoms with Crippen LogP contribution >= 0.6 is 0 Å². The van der Waals surface area contributed by atoms with E-state index in [1.165, 1.54) is 19.2 Å². The van der Waals surface area contributed by atoms with Gasteiger partial charge in [-0.3, -0.25) is 4.79 Å². The molecule has 0 aliphatic rings. The highest BCUT2D eigenvalue weighted by Crippen LogP contribution is 2.19. The summed E-state index contributed by atoms with van der Waals surface area (Å²) in [5.74, 6) is 0.537. The minimum absolute atomic E-state index is 0.174. The molecule has 7 heteroatoms. The molecule has 0 saturated heterocycles. The van der Waals surface area contributed by atoms with E-state index in [-0.39, 0.29) is 17.3 Å². The minimum Gasteiger partial charge on any atom is -0.494 e. The van der Waals surface area contributed by atoms with Gasteiger partial charge >= 0.3 is 0 Å². The number of hydrogen-bond donors (Lipinski definition) is 1. The van der Waals surface area contributed by atoms with E-state index in [1.807, 2.05) is 31.2 Å². The number of rotatable bonds is 10. The zero-order valence-electron chi connectivity index (χ0n) is 15.7. The zero-order chi connectivity index (χ0) is 19.7. The van der Waals surface area contributed by atoms with Crippen molar-refractivity contribution in [3.05, 3.63) is 60.2 Å². The lowest BCUT2D eigenvalue weighted by atomic mass is 10.1. The van der Waals surface area contributed by atoms with Crippen LogP contribution < -0.4 is 10.1 Å². The lowest BCUT2D eigenvalue weighted by molar-refractivity contribution is -0.121. The summed E-state index contributed by atoms with van der Waals surface area (Å²) in [5.41, 5.74) is 1.09. The van der Waals surface area contributed by atoms with Crippen LogP contribution in [0.3, 0.4) is 0 Å². The van der Waals surface area contributed by atoms with Crippen molar-refractivity contribution >= 4 is 15.9 Å². The van der Waals surface area contributed by atoms with Crippen LogP contribution in [0.1, 0.15) is 18.9 Å². The first kappa shape index (κ1) is 20.9. The molecule has 0 unspecified atom stereocenters. The number of aryl methyl sites for hydroxylation is 1. The van der Waals surface area contributed by atoms with Gasteiger partial charge in [-0.25, -0.2) is 8.42 Å². The standard InChI is InChI=1S/C20H26N2O4S/c1-3-26-19-14-8-7-10-17(19)11-9-15-21-20(23)16-22(2)27(24,25)18-12-5-4-6-13-18/h4-8,10,12-14H,3,9,11,15-16H2,1-2H3,(H,21,23). The second-order valence-electron chi connectivity index (χ2n) is 6.07. The van der Waals surface area contributed by atoms with Crippen molar-refractivity contribution in [1.29, 1.82) is 0 Å². The second-order valence-corrected chi connectivity index (χ2v) is 8.11. The van der Waals surface area contributed by atoms with Crippen LogP contribution in [0.2, 0.25) is 0 Å². The molecule has 27 heavy (non-hydrogen) atoms. The molecule has 146 valence electrons. The molecule has 0 radical (unpaired) electrons. The van der Waals surface area contributed by atoms with E-state index in [2.05, 4.69) is 5.32 Å². The van der Waals surface area contributed by atoms with Gasteiger partial charge in [0.15, 0.2) is 0 Å². The lowest BCUT2D eigenvalue weighted by Gasteiger charge is -2.17. The maximum absolute atomic E-state index is 12.4. The number of ether oxygens (including phenoxy) is 1. The molecule has 6 nitrogen and oxygen atoms in total. The molecule has 1 amide bonds. The van der Waals surface area contributed by atoms with E-state index >= 15 is 0 Å². The highest BCUT2D eigenvalue weighted by molar-refractivity contribution is 7.89. The molecule has 0 bridgehead atoms. The van der Waals surface area contributed by atoms with Gasteiger partial charge in [-0.2, -0.15) is 4.31 Å². The van der Waals surface area contributed by atoms with E-state index in [4.69, 9.17) is 4.74 Å². The molecule has 2 aromatic carbocycles. The highest BCUT2D eigenvalue weighted by Gasteiger charge is 2.22. The van der Waals surface area contributed by atoms with E-state index < -0.39 is 10.0 Å². The minimum atomic E-state index is -3.66. The molecule has 0 aromatic heterocycles. The quantitative estimate of drug-likeness (QED) is 0.633. The van der Waals surface area contributed by atoms with Crippen LogP contribution in [0.15, 0.2) is 59.5 Å². The fourth-order valence-electron chi connectivity index (χ4n) is 2.63. The normalized spacial score (nSPS) is 11.4. The SMILES string of the molecule is CCOc1ccccc1CCCNC(=O)CN(C)S(=O)(=O)c1ccccc1. The van der Waals surface area contributed by atoms with Crippen molar-refractivity contribution in [3.8, 4) is 5.75 Å². The maximum atomic E-state index is 12.4. The summed E-state index contributed by atoms with van der Waals surface area (Å²) in [6.07, 6.45) is 1.51. The zero-order valence-corrected chi connectivity index (χ0v) is 16.5. The number of nitrogens with zero attached hydrogens (tertiary/aromatic N) is 1. The first-order chi connectivity index (χ1) is 12.9. The Bertz CT molecular complexity index is 838. The average Bonchev–Trinajstić information content (AvgIpc) is 2.67. The summed E-state index contributed by atoms with van der Waals surface area (Å²) < 4.78 is 31.5. The Balaban J connectivity index is 1.80. The Kier molecular flexibility index (Phi) is 7.82. The van der Waals surface area contributed by atoms with Crippen LogP contribution in [0.25, 0.3) is 0 Å². The molecule has 0 atom stereocenters. The molecular formula is C20H26N2O4S. The third kappa shape index (κ3) is 6.08. The van der Waals surface area contributed by atoms with Gasteiger partial charge in [-0.05, 0) is 43.5 Å². The second kappa shape index (κ2) is 10.1. The first-order valence-corrected chi connectivity index (χ1v) is 10.4. The molecule has 2 aromatic rings. The first-order valence-electron chi connectivity index (χ1n) is 8.94. The van der Waals surface area contributed by atoms with Crippen molar-refractivity contribution < 1.29 is 17.9 Å². The number of likely N-dealkylation sites (N-methyl/N-ethyl adjacent to an activating group) is 1. The van der Waals surface area contributed by atoms with Crippen LogP contribution in [-0.2, 0) is 21.2 Å². The largest absolute Gasteiger partial charge is 0.494 e. The third-order valence-electron chi connectivity index (χ3n) is 4.04. The monoisotopic (exact) mass is 390 g/mol. The summed E-state index contributed by atoms with van der Waals surface area (Å²) >= 11 is 0. The lowest BCUT2D eigenvalue weighted by Crippen LogP contribution is -2.38. The van der Waals surface area contributed by atoms with Gasteiger partial charge in [-0.1, -0.05) is 36.4 Å². The van der Waals surface area contributed by atoms with Gasteiger partial charge in [0.2, 0.25) is 15.9 Å². The summed E-state index contributed by atoms with van der Waals surface area (Å²) in [6, 6.07) is 15.9. The van der Waals surface area contributed by atoms with Gasteiger partial charge in [0.25, 0.3) is 0 Å².